The average molecular weight is 245 g/mol. The van der Waals surface area contributed by atoms with Gasteiger partial charge in [0.2, 0.25) is 0 Å². The van der Waals surface area contributed by atoms with Crippen LogP contribution in [0.2, 0.25) is 0 Å². The summed E-state index contributed by atoms with van der Waals surface area (Å²) in [5.74, 6) is 2.62. The molecule has 0 aliphatic rings. The average Bonchev–Trinajstić information content (AvgIpc) is 2.68. The van der Waals surface area contributed by atoms with Gasteiger partial charge >= 0.3 is 0 Å². The van der Waals surface area contributed by atoms with E-state index in [1.807, 2.05) is 45.0 Å². The molecule has 0 saturated carbocycles. The number of benzene rings is 1. The van der Waals surface area contributed by atoms with Gasteiger partial charge in [-0.25, -0.2) is 0 Å². The van der Waals surface area contributed by atoms with E-state index in [0.29, 0.717) is 0 Å². The first-order valence-electron chi connectivity index (χ1n) is 6.00. The van der Waals surface area contributed by atoms with Gasteiger partial charge in [0.25, 0.3) is 0 Å². The minimum atomic E-state index is -0.183. The molecule has 0 fully saturated rings. The van der Waals surface area contributed by atoms with Crippen LogP contribution in [-0.4, -0.2) is 7.11 Å². The number of aryl methyl sites for hydroxylation is 3. The summed E-state index contributed by atoms with van der Waals surface area (Å²) >= 11 is 0. The molecule has 0 saturated heterocycles. The summed E-state index contributed by atoms with van der Waals surface area (Å²) in [6.45, 7) is 5.88. The van der Waals surface area contributed by atoms with Crippen LogP contribution in [-0.2, 0) is 0 Å². The Labute approximate surface area is 108 Å². The van der Waals surface area contributed by atoms with Crippen molar-refractivity contribution in [2.75, 3.05) is 7.11 Å². The first-order chi connectivity index (χ1) is 8.52. The van der Waals surface area contributed by atoms with E-state index in [9.17, 15) is 0 Å². The molecule has 1 heterocycles. The van der Waals surface area contributed by atoms with Crippen LogP contribution in [0.5, 0.6) is 5.75 Å². The zero-order valence-corrected chi connectivity index (χ0v) is 11.3. The predicted molar refractivity (Wildman–Crippen MR) is 71.9 cm³/mol. The lowest BCUT2D eigenvalue weighted by molar-refractivity contribution is 0.411. The van der Waals surface area contributed by atoms with Crippen LogP contribution in [0.4, 0.5) is 0 Å². The maximum Gasteiger partial charge on any atom is 0.122 e. The van der Waals surface area contributed by atoms with Crippen molar-refractivity contribution in [3.05, 3.63) is 52.5 Å². The molecule has 0 amide bonds. The highest BCUT2D eigenvalue weighted by Crippen LogP contribution is 2.28. The highest BCUT2D eigenvalue weighted by Gasteiger charge is 2.16. The van der Waals surface area contributed by atoms with Crippen molar-refractivity contribution in [1.82, 2.24) is 0 Å². The number of nitrogens with two attached hydrogens (primary N) is 1. The molecule has 1 atom stereocenters. The molecule has 2 aromatic rings. The van der Waals surface area contributed by atoms with Gasteiger partial charge in [-0.1, -0.05) is 12.1 Å². The number of hydrogen-bond donors (Lipinski definition) is 1. The van der Waals surface area contributed by atoms with Gasteiger partial charge in [-0.15, -0.1) is 0 Å². The molecule has 3 nitrogen and oxygen atoms in total. The van der Waals surface area contributed by atoms with Crippen LogP contribution in [0.25, 0.3) is 0 Å². The van der Waals surface area contributed by atoms with Gasteiger partial charge in [-0.3, -0.25) is 0 Å². The molecule has 0 radical (unpaired) electrons. The molecule has 2 N–H and O–H groups in total. The van der Waals surface area contributed by atoms with Gasteiger partial charge in [0.15, 0.2) is 0 Å². The minimum Gasteiger partial charge on any atom is -0.496 e. The maximum absolute atomic E-state index is 6.29. The molecule has 1 aromatic carbocycles. The summed E-state index contributed by atoms with van der Waals surface area (Å²) < 4.78 is 10.9. The van der Waals surface area contributed by atoms with Crippen LogP contribution in [0.1, 0.15) is 34.3 Å². The Morgan fingerprint density at radius 3 is 2.44 bits per heavy atom. The first kappa shape index (κ1) is 12.7. The van der Waals surface area contributed by atoms with E-state index in [0.717, 1.165) is 34.0 Å². The van der Waals surface area contributed by atoms with Crippen LogP contribution in [0.3, 0.4) is 0 Å². The van der Waals surface area contributed by atoms with E-state index in [1.54, 1.807) is 7.11 Å². The summed E-state index contributed by atoms with van der Waals surface area (Å²) in [4.78, 5) is 0. The normalized spacial score (nSPS) is 12.5. The fourth-order valence-corrected chi connectivity index (χ4v) is 2.17. The lowest BCUT2D eigenvalue weighted by Crippen LogP contribution is -2.12. The van der Waals surface area contributed by atoms with Crippen LogP contribution in [0, 0.1) is 20.8 Å². The molecule has 2 rings (SSSR count). The molecule has 1 aromatic heterocycles. The molecule has 18 heavy (non-hydrogen) atoms. The highest BCUT2D eigenvalue weighted by molar-refractivity contribution is 5.41. The fraction of sp³-hybridized carbons (Fsp3) is 0.333. The second kappa shape index (κ2) is 4.86. The van der Waals surface area contributed by atoms with E-state index in [-0.39, 0.29) is 6.04 Å². The summed E-state index contributed by atoms with van der Waals surface area (Å²) in [5, 5.41) is 0. The summed E-state index contributed by atoms with van der Waals surface area (Å²) in [6, 6.07) is 7.85. The second-order valence-corrected chi connectivity index (χ2v) is 4.58. The smallest absolute Gasteiger partial charge is 0.122 e. The zero-order chi connectivity index (χ0) is 13.3. The van der Waals surface area contributed by atoms with Gasteiger partial charge in [-0.2, -0.15) is 0 Å². The molecule has 96 valence electrons. The van der Waals surface area contributed by atoms with Gasteiger partial charge in [0, 0.05) is 5.56 Å². The monoisotopic (exact) mass is 245 g/mol. The van der Waals surface area contributed by atoms with Gasteiger partial charge in [0.05, 0.1) is 13.2 Å². The number of furan rings is 1. The Kier molecular flexibility index (Phi) is 3.43. The van der Waals surface area contributed by atoms with Gasteiger partial charge < -0.3 is 14.9 Å². The topological polar surface area (TPSA) is 48.4 Å². The fourth-order valence-electron chi connectivity index (χ4n) is 2.17. The third-order valence-electron chi connectivity index (χ3n) is 3.21. The van der Waals surface area contributed by atoms with E-state index < -0.39 is 0 Å². The van der Waals surface area contributed by atoms with Crippen molar-refractivity contribution in [2.45, 2.75) is 26.8 Å². The van der Waals surface area contributed by atoms with Crippen molar-refractivity contribution in [1.29, 1.82) is 0 Å². The van der Waals surface area contributed by atoms with E-state index in [2.05, 4.69) is 0 Å². The standard InChI is InChI=1S/C15H19NO2/c1-9-5-6-12(8-14(9)17-4)15(16)13-7-10(2)18-11(13)3/h5-8,15H,16H2,1-4H3. The van der Waals surface area contributed by atoms with E-state index in [4.69, 9.17) is 14.9 Å². The summed E-state index contributed by atoms with van der Waals surface area (Å²) in [6.07, 6.45) is 0. The maximum atomic E-state index is 6.29. The Balaban J connectivity index is 2.39. The largest absolute Gasteiger partial charge is 0.496 e. The molecule has 0 aliphatic heterocycles. The molecular formula is C15H19NO2. The lowest BCUT2D eigenvalue weighted by Gasteiger charge is -2.13. The SMILES string of the molecule is COc1cc(C(N)c2cc(C)oc2C)ccc1C. The predicted octanol–water partition coefficient (Wildman–Crippen LogP) is 3.26. The van der Waals surface area contributed by atoms with Crippen molar-refractivity contribution < 1.29 is 9.15 Å². The molecule has 1 unspecified atom stereocenters. The number of rotatable bonds is 3. The highest BCUT2D eigenvalue weighted by atomic mass is 16.5. The quantitative estimate of drug-likeness (QED) is 0.902. The molecule has 0 bridgehead atoms. The van der Waals surface area contributed by atoms with Crippen LogP contribution >= 0.6 is 0 Å². The molecular weight excluding hydrogens is 226 g/mol. The van der Waals surface area contributed by atoms with Gasteiger partial charge in [-0.05, 0) is 44.0 Å². The third kappa shape index (κ3) is 2.27. The Morgan fingerprint density at radius 2 is 1.89 bits per heavy atom. The Bertz CT molecular complexity index is 558. The van der Waals surface area contributed by atoms with E-state index in [1.165, 1.54) is 0 Å². The summed E-state index contributed by atoms with van der Waals surface area (Å²) in [7, 11) is 1.67. The third-order valence-corrected chi connectivity index (χ3v) is 3.21. The first-order valence-corrected chi connectivity index (χ1v) is 6.00. The van der Waals surface area contributed by atoms with E-state index >= 15 is 0 Å². The van der Waals surface area contributed by atoms with Crippen LogP contribution in [0.15, 0.2) is 28.7 Å². The van der Waals surface area contributed by atoms with Crippen molar-refractivity contribution in [3.63, 3.8) is 0 Å². The van der Waals surface area contributed by atoms with Crippen molar-refractivity contribution in [2.24, 2.45) is 5.73 Å². The van der Waals surface area contributed by atoms with Gasteiger partial charge in [0.1, 0.15) is 17.3 Å². The molecule has 3 heteroatoms. The minimum absolute atomic E-state index is 0.183. The Morgan fingerprint density at radius 1 is 1.17 bits per heavy atom. The Hall–Kier alpha value is -1.74. The molecule has 0 spiro atoms. The molecule has 0 aliphatic carbocycles. The number of hydrogen-bond acceptors (Lipinski definition) is 3. The number of methoxy groups -OCH3 is 1. The lowest BCUT2D eigenvalue weighted by atomic mass is 9.98. The number of ether oxygens (including phenoxy) is 1. The van der Waals surface area contributed by atoms with Crippen molar-refractivity contribution in [3.8, 4) is 5.75 Å². The second-order valence-electron chi connectivity index (χ2n) is 4.58. The van der Waals surface area contributed by atoms with Crippen molar-refractivity contribution >= 4 is 0 Å². The zero-order valence-electron chi connectivity index (χ0n) is 11.3. The van der Waals surface area contributed by atoms with Crippen LogP contribution < -0.4 is 10.5 Å². The summed E-state index contributed by atoms with van der Waals surface area (Å²) in [5.41, 5.74) is 9.45.